The molecule has 0 unspecified atom stereocenters. The first kappa shape index (κ1) is 19.1. The van der Waals surface area contributed by atoms with Gasteiger partial charge in [0.15, 0.2) is 0 Å². The van der Waals surface area contributed by atoms with E-state index in [0.717, 1.165) is 24.4 Å². The van der Waals surface area contributed by atoms with Gasteiger partial charge in [-0.3, -0.25) is 9.59 Å². The quantitative estimate of drug-likeness (QED) is 0.629. The zero-order valence-electron chi connectivity index (χ0n) is 15.6. The Hall–Kier alpha value is -3.25. The number of benzene rings is 2. The van der Waals surface area contributed by atoms with E-state index < -0.39 is 11.8 Å². The van der Waals surface area contributed by atoms with Crippen LogP contribution in [0.1, 0.15) is 17.4 Å². The van der Waals surface area contributed by atoms with Gasteiger partial charge in [-0.25, -0.2) is 0 Å². The van der Waals surface area contributed by atoms with E-state index >= 15 is 0 Å². The van der Waals surface area contributed by atoms with Crippen LogP contribution in [0.5, 0.6) is 0 Å². The Bertz CT molecular complexity index is 1020. The third kappa shape index (κ3) is 4.12. The van der Waals surface area contributed by atoms with Crippen LogP contribution in [0.3, 0.4) is 0 Å². The van der Waals surface area contributed by atoms with Crippen molar-refractivity contribution in [3.63, 3.8) is 0 Å². The molecule has 2 heterocycles. The molecule has 0 radical (unpaired) electrons. The highest BCUT2D eigenvalue weighted by atomic mass is 35.5. The Labute approximate surface area is 173 Å². The normalized spacial score (nSPS) is 13.6. The number of hydrogen-bond donors (Lipinski definition) is 2. The van der Waals surface area contributed by atoms with E-state index in [1.807, 2.05) is 24.3 Å². The molecule has 2 N–H and O–H groups in total. The Morgan fingerprint density at radius 3 is 2.62 bits per heavy atom. The molecule has 0 aliphatic carbocycles. The second kappa shape index (κ2) is 8.41. The number of carbonyl (C=O) groups is 2. The van der Waals surface area contributed by atoms with Gasteiger partial charge in [-0.05, 0) is 42.3 Å². The maximum Gasteiger partial charge on any atom is 0.313 e. The molecule has 2 aromatic carbocycles. The number of fused-ring (bicyclic) bond motifs is 1. The number of hydrogen-bond acceptors (Lipinski definition) is 4. The molecule has 0 fully saturated rings. The van der Waals surface area contributed by atoms with Crippen molar-refractivity contribution in [3.8, 4) is 0 Å². The van der Waals surface area contributed by atoms with Gasteiger partial charge in [0, 0.05) is 18.8 Å². The number of furan rings is 1. The highest BCUT2D eigenvalue weighted by Gasteiger charge is 2.29. The first-order valence-corrected chi connectivity index (χ1v) is 9.73. The minimum atomic E-state index is -0.766. The lowest BCUT2D eigenvalue weighted by Gasteiger charge is -2.29. The molecule has 0 saturated heterocycles. The van der Waals surface area contributed by atoms with E-state index in [-0.39, 0.29) is 12.6 Å². The van der Waals surface area contributed by atoms with Crippen molar-refractivity contribution < 1.29 is 14.0 Å². The van der Waals surface area contributed by atoms with Crippen molar-refractivity contribution in [3.05, 3.63) is 83.3 Å². The number of rotatable bonds is 5. The number of nitrogens with one attached hydrogen (secondary N) is 2. The highest BCUT2D eigenvalue weighted by molar-refractivity contribution is 6.41. The van der Waals surface area contributed by atoms with Crippen LogP contribution in [0.25, 0.3) is 0 Å². The number of nitrogens with zero attached hydrogens (tertiary/aromatic N) is 1. The van der Waals surface area contributed by atoms with Crippen molar-refractivity contribution in [2.24, 2.45) is 0 Å². The molecular weight excluding hydrogens is 390 g/mol. The minimum Gasteiger partial charge on any atom is -0.467 e. The maximum absolute atomic E-state index is 12.4. The predicted molar refractivity (Wildman–Crippen MR) is 112 cm³/mol. The third-order valence-corrected chi connectivity index (χ3v) is 5.28. The fourth-order valence-corrected chi connectivity index (χ4v) is 3.73. The zero-order valence-corrected chi connectivity index (χ0v) is 16.4. The fraction of sp³-hybridized carbons (Fsp3) is 0.182. The maximum atomic E-state index is 12.4. The Morgan fingerprint density at radius 2 is 1.83 bits per heavy atom. The summed E-state index contributed by atoms with van der Waals surface area (Å²) in [4.78, 5) is 26.8. The summed E-state index contributed by atoms with van der Waals surface area (Å²) < 4.78 is 5.62. The van der Waals surface area contributed by atoms with Gasteiger partial charge in [-0.1, -0.05) is 41.9 Å². The van der Waals surface area contributed by atoms with Crippen LogP contribution < -0.4 is 15.5 Å². The summed E-state index contributed by atoms with van der Waals surface area (Å²) in [6, 6.07) is 18.4. The van der Waals surface area contributed by atoms with Crippen LogP contribution in [-0.4, -0.2) is 24.9 Å². The summed E-state index contributed by atoms with van der Waals surface area (Å²) in [5, 5.41) is 5.63. The molecule has 7 heteroatoms. The van der Waals surface area contributed by atoms with Gasteiger partial charge in [0.25, 0.3) is 0 Å². The van der Waals surface area contributed by atoms with Crippen molar-refractivity contribution in [1.29, 1.82) is 0 Å². The minimum absolute atomic E-state index is 0.217. The van der Waals surface area contributed by atoms with Crippen LogP contribution in [0, 0.1) is 0 Å². The molecule has 0 saturated carbocycles. The average molecular weight is 410 g/mol. The third-order valence-electron chi connectivity index (χ3n) is 4.96. The first-order chi connectivity index (χ1) is 14.1. The summed E-state index contributed by atoms with van der Waals surface area (Å²) in [5.41, 5.74) is 2.76. The molecule has 6 nitrogen and oxygen atoms in total. The van der Waals surface area contributed by atoms with Gasteiger partial charge >= 0.3 is 11.8 Å². The summed E-state index contributed by atoms with van der Waals surface area (Å²) >= 11 is 6.04. The van der Waals surface area contributed by atoms with Gasteiger partial charge in [-0.2, -0.15) is 0 Å². The smallest absolute Gasteiger partial charge is 0.313 e. The van der Waals surface area contributed by atoms with Crippen LogP contribution in [0.2, 0.25) is 5.02 Å². The second-order valence-electron chi connectivity index (χ2n) is 6.75. The molecule has 1 aliphatic rings. The lowest BCUT2D eigenvalue weighted by atomic mass is 10.1. The Morgan fingerprint density at radius 1 is 1.03 bits per heavy atom. The average Bonchev–Trinajstić information content (AvgIpc) is 3.40. The fourth-order valence-electron chi connectivity index (χ4n) is 3.54. The monoisotopic (exact) mass is 409 g/mol. The van der Waals surface area contributed by atoms with Crippen molar-refractivity contribution in [1.82, 2.24) is 5.32 Å². The lowest BCUT2D eigenvalue weighted by molar-refractivity contribution is -0.136. The van der Waals surface area contributed by atoms with E-state index in [9.17, 15) is 9.59 Å². The standard InChI is InChI=1S/C22H20ClN3O3/c23-16-7-2-3-8-17(16)25-22(28)21(27)24-14-19(20-10-5-13-29-20)26-12-11-15-6-1-4-9-18(15)26/h1-10,13,19H,11-12,14H2,(H,24,27)(H,25,28)/t19-/m1/s1. The number of halogens is 1. The molecule has 0 bridgehead atoms. The Balaban J connectivity index is 1.46. The zero-order chi connectivity index (χ0) is 20.2. The van der Waals surface area contributed by atoms with Gasteiger partial charge < -0.3 is 20.0 Å². The molecule has 29 heavy (non-hydrogen) atoms. The number of anilines is 2. The highest BCUT2D eigenvalue weighted by Crippen LogP contribution is 2.34. The van der Waals surface area contributed by atoms with Gasteiger partial charge in [0.2, 0.25) is 0 Å². The predicted octanol–water partition coefficient (Wildman–Crippen LogP) is 3.79. The summed E-state index contributed by atoms with van der Waals surface area (Å²) in [6.07, 6.45) is 2.53. The van der Waals surface area contributed by atoms with Gasteiger partial charge in [-0.15, -0.1) is 0 Å². The van der Waals surface area contributed by atoms with Gasteiger partial charge in [0.1, 0.15) is 11.8 Å². The summed E-state index contributed by atoms with van der Waals surface area (Å²) in [5.74, 6) is -0.763. The summed E-state index contributed by atoms with van der Waals surface area (Å²) in [7, 11) is 0. The molecule has 1 atom stereocenters. The number of carbonyl (C=O) groups excluding carboxylic acids is 2. The topological polar surface area (TPSA) is 74.6 Å². The van der Waals surface area contributed by atoms with E-state index in [2.05, 4.69) is 27.7 Å². The Kier molecular flexibility index (Phi) is 5.53. The molecule has 1 aliphatic heterocycles. The molecule has 3 aromatic rings. The van der Waals surface area contributed by atoms with Crippen LogP contribution >= 0.6 is 11.6 Å². The van der Waals surface area contributed by atoms with Crippen LogP contribution in [0.15, 0.2) is 71.3 Å². The van der Waals surface area contributed by atoms with Crippen LogP contribution in [0.4, 0.5) is 11.4 Å². The lowest BCUT2D eigenvalue weighted by Crippen LogP contribution is -2.41. The molecule has 0 spiro atoms. The molecular formula is C22H20ClN3O3. The molecule has 148 valence electrons. The van der Waals surface area contributed by atoms with E-state index in [4.69, 9.17) is 16.0 Å². The van der Waals surface area contributed by atoms with E-state index in [1.165, 1.54) is 5.56 Å². The van der Waals surface area contributed by atoms with E-state index in [1.54, 1.807) is 30.5 Å². The largest absolute Gasteiger partial charge is 0.467 e. The van der Waals surface area contributed by atoms with Crippen LogP contribution in [-0.2, 0) is 16.0 Å². The van der Waals surface area contributed by atoms with Crippen molar-refractivity contribution in [2.45, 2.75) is 12.5 Å². The van der Waals surface area contributed by atoms with Gasteiger partial charge in [0.05, 0.1) is 17.0 Å². The van der Waals surface area contributed by atoms with Crippen molar-refractivity contribution in [2.75, 3.05) is 23.3 Å². The number of para-hydroxylation sites is 2. The summed E-state index contributed by atoms with van der Waals surface area (Å²) in [6.45, 7) is 1.04. The second-order valence-corrected chi connectivity index (χ2v) is 7.15. The molecule has 4 rings (SSSR count). The number of amides is 2. The SMILES string of the molecule is O=C(NC[C@H](c1ccco1)N1CCc2ccccc21)C(=O)Nc1ccccc1Cl. The first-order valence-electron chi connectivity index (χ1n) is 9.35. The van der Waals surface area contributed by atoms with E-state index in [0.29, 0.717) is 10.7 Å². The molecule has 2 amide bonds. The molecule has 1 aromatic heterocycles. The van der Waals surface area contributed by atoms with Crippen molar-refractivity contribution >= 4 is 34.8 Å².